The van der Waals surface area contributed by atoms with Gasteiger partial charge in [-0.25, -0.2) is 4.39 Å². The molecule has 0 atom stereocenters. The lowest BCUT2D eigenvalue weighted by atomic mass is 10.1. The topological polar surface area (TPSA) is 17.1 Å². The number of benzene rings is 1. The molecule has 74 valence electrons. The molecule has 6 heteroatoms. The van der Waals surface area contributed by atoms with Crippen molar-refractivity contribution < 1.29 is 18.0 Å². The molecule has 0 spiro atoms. The first kappa shape index (κ1) is 10.3. The highest BCUT2D eigenvalue weighted by molar-refractivity contribution is 14.1. The number of alkyl halides is 2. The minimum atomic E-state index is -3.52. The molecular weight excluding hydrogens is 328 g/mol. The molecule has 0 fully saturated rings. The third-order valence-corrected chi connectivity index (χ3v) is 4.12. The largest absolute Gasteiger partial charge is 0.360 e. The van der Waals surface area contributed by atoms with E-state index in [2.05, 4.69) is 0 Å². The maximum atomic E-state index is 13.1. The van der Waals surface area contributed by atoms with E-state index in [1.165, 1.54) is 6.07 Å². The summed E-state index contributed by atoms with van der Waals surface area (Å²) in [4.78, 5) is 11.1. The summed E-state index contributed by atoms with van der Waals surface area (Å²) in [5, 5.41) is -3.52. The van der Waals surface area contributed by atoms with Gasteiger partial charge in [-0.05, 0) is 46.5 Å². The van der Waals surface area contributed by atoms with Gasteiger partial charge in [0.15, 0.2) is 0 Å². The number of halogens is 4. The standard InChI is InChI=1S/C8H2F3IOS/c9-3-1-2-4(12)6-5(3)7(13)8(10,11)14-6/h1-2H. The summed E-state index contributed by atoms with van der Waals surface area (Å²) in [5.41, 5.74) is -0.480. The summed E-state index contributed by atoms with van der Waals surface area (Å²) < 4.78 is 39.4. The van der Waals surface area contributed by atoms with Crippen LogP contribution in [0.25, 0.3) is 0 Å². The molecule has 0 bridgehead atoms. The van der Waals surface area contributed by atoms with Gasteiger partial charge in [-0.15, -0.1) is 0 Å². The van der Waals surface area contributed by atoms with Crippen LogP contribution in [0.1, 0.15) is 10.4 Å². The van der Waals surface area contributed by atoms with Gasteiger partial charge in [0, 0.05) is 8.47 Å². The Morgan fingerprint density at radius 1 is 1.36 bits per heavy atom. The zero-order valence-corrected chi connectivity index (χ0v) is 9.46. The van der Waals surface area contributed by atoms with E-state index in [1.807, 2.05) is 0 Å². The number of Topliss-reactive ketones (excluding diaryl/α,β-unsaturated/α-hetero) is 1. The highest BCUT2D eigenvalue weighted by Crippen LogP contribution is 2.49. The smallest absolute Gasteiger partial charge is 0.286 e. The molecule has 1 nitrogen and oxygen atoms in total. The molecule has 1 aliphatic rings. The Morgan fingerprint density at radius 2 is 2.00 bits per heavy atom. The van der Waals surface area contributed by atoms with E-state index in [0.717, 1.165) is 6.07 Å². The molecule has 0 unspecified atom stereocenters. The number of fused-ring (bicyclic) bond motifs is 1. The van der Waals surface area contributed by atoms with Crippen molar-refractivity contribution in [3.05, 3.63) is 27.1 Å². The number of thioether (sulfide) groups is 1. The molecule has 0 aromatic heterocycles. The number of carbonyl (C=O) groups excluding carboxylic acids is 1. The average molecular weight is 330 g/mol. The fourth-order valence-corrected chi connectivity index (χ4v) is 2.85. The Balaban J connectivity index is 2.70. The van der Waals surface area contributed by atoms with Crippen molar-refractivity contribution in [2.75, 3.05) is 0 Å². The number of carbonyl (C=O) groups is 1. The van der Waals surface area contributed by atoms with Crippen LogP contribution < -0.4 is 0 Å². The summed E-state index contributed by atoms with van der Waals surface area (Å²) >= 11 is 1.91. The van der Waals surface area contributed by atoms with Crippen molar-refractivity contribution in [3.63, 3.8) is 0 Å². The molecule has 0 amide bonds. The van der Waals surface area contributed by atoms with Crippen LogP contribution in [-0.4, -0.2) is 11.0 Å². The zero-order valence-electron chi connectivity index (χ0n) is 6.48. The van der Waals surface area contributed by atoms with E-state index >= 15 is 0 Å². The van der Waals surface area contributed by atoms with Crippen molar-refractivity contribution in [3.8, 4) is 0 Å². The van der Waals surface area contributed by atoms with Crippen LogP contribution in [0.2, 0.25) is 0 Å². The number of rotatable bonds is 0. The lowest BCUT2D eigenvalue weighted by Gasteiger charge is -2.02. The van der Waals surface area contributed by atoms with Crippen LogP contribution in [0, 0.1) is 9.39 Å². The van der Waals surface area contributed by atoms with E-state index in [1.54, 1.807) is 22.6 Å². The summed E-state index contributed by atoms with van der Waals surface area (Å²) in [6, 6.07) is 2.40. The van der Waals surface area contributed by atoms with Crippen LogP contribution in [-0.2, 0) is 0 Å². The molecule has 0 radical (unpaired) electrons. The zero-order chi connectivity index (χ0) is 10.5. The van der Waals surface area contributed by atoms with Crippen molar-refractivity contribution in [2.45, 2.75) is 10.2 Å². The van der Waals surface area contributed by atoms with Gasteiger partial charge >= 0.3 is 5.25 Å². The van der Waals surface area contributed by atoms with Crippen molar-refractivity contribution >= 4 is 40.1 Å². The first-order valence-corrected chi connectivity index (χ1v) is 5.42. The van der Waals surface area contributed by atoms with Gasteiger partial charge in [0.2, 0.25) is 5.78 Å². The van der Waals surface area contributed by atoms with E-state index in [0.29, 0.717) is 3.57 Å². The lowest BCUT2D eigenvalue weighted by molar-refractivity contribution is 0.0578. The Bertz CT molecular complexity index is 433. The number of ketones is 1. The minimum absolute atomic E-state index is 0.0422. The highest BCUT2D eigenvalue weighted by Gasteiger charge is 2.50. The Morgan fingerprint density at radius 3 is 2.57 bits per heavy atom. The summed E-state index contributed by atoms with van der Waals surface area (Å²) in [6.07, 6.45) is 0. The Kier molecular flexibility index (Phi) is 2.30. The molecule has 1 aliphatic heterocycles. The molecule has 2 rings (SSSR count). The molecule has 0 N–H and O–H groups in total. The maximum Gasteiger partial charge on any atom is 0.360 e. The van der Waals surface area contributed by atoms with Gasteiger partial charge in [-0.1, -0.05) is 0 Å². The summed E-state index contributed by atoms with van der Waals surface area (Å²) in [6.45, 7) is 0. The second kappa shape index (κ2) is 3.13. The van der Waals surface area contributed by atoms with Crippen molar-refractivity contribution in [2.24, 2.45) is 0 Å². The second-order valence-electron chi connectivity index (χ2n) is 2.68. The first-order valence-electron chi connectivity index (χ1n) is 3.53. The quantitative estimate of drug-likeness (QED) is 0.679. The van der Waals surface area contributed by atoms with Crippen LogP contribution in [0.4, 0.5) is 13.2 Å². The molecule has 1 heterocycles. The molecular formula is C8H2F3IOS. The van der Waals surface area contributed by atoms with Crippen LogP contribution in [0.15, 0.2) is 17.0 Å². The van der Waals surface area contributed by atoms with Crippen LogP contribution >= 0.6 is 34.4 Å². The van der Waals surface area contributed by atoms with Gasteiger partial charge in [0.05, 0.1) is 5.56 Å². The fourth-order valence-electron chi connectivity index (χ4n) is 1.16. The normalized spacial score (nSPS) is 18.4. The molecule has 0 saturated carbocycles. The van der Waals surface area contributed by atoms with Gasteiger partial charge in [-0.2, -0.15) is 8.78 Å². The van der Waals surface area contributed by atoms with E-state index in [9.17, 15) is 18.0 Å². The number of hydrogen-bond donors (Lipinski definition) is 0. The first-order chi connectivity index (χ1) is 6.43. The predicted octanol–water partition coefficient (Wildman–Crippen LogP) is 3.31. The third kappa shape index (κ3) is 1.35. The molecule has 1 aromatic rings. The average Bonchev–Trinajstić information content (AvgIpc) is 2.33. The molecule has 14 heavy (non-hydrogen) atoms. The summed E-state index contributed by atoms with van der Waals surface area (Å²) in [5.74, 6) is -2.32. The van der Waals surface area contributed by atoms with Crippen LogP contribution in [0.5, 0.6) is 0 Å². The molecule has 0 saturated heterocycles. The maximum absolute atomic E-state index is 13.1. The van der Waals surface area contributed by atoms with Crippen molar-refractivity contribution in [1.82, 2.24) is 0 Å². The second-order valence-corrected chi connectivity index (χ2v) is 4.97. The van der Waals surface area contributed by atoms with E-state index < -0.39 is 22.4 Å². The lowest BCUT2D eigenvalue weighted by Crippen LogP contribution is -2.19. The summed E-state index contributed by atoms with van der Waals surface area (Å²) in [7, 11) is 0. The van der Waals surface area contributed by atoms with Gasteiger partial charge in [-0.3, -0.25) is 4.79 Å². The van der Waals surface area contributed by atoms with E-state index in [4.69, 9.17) is 0 Å². The monoisotopic (exact) mass is 330 g/mol. The fraction of sp³-hybridized carbons (Fsp3) is 0.125. The predicted molar refractivity (Wildman–Crippen MR) is 54.3 cm³/mol. The van der Waals surface area contributed by atoms with Gasteiger partial charge < -0.3 is 0 Å². The number of hydrogen-bond acceptors (Lipinski definition) is 2. The Labute approximate surface area is 95.2 Å². The van der Waals surface area contributed by atoms with Crippen LogP contribution in [0.3, 0.4) is 0 Å². The minimum Gasteiger partial charge on any atom is -0.286 e. The van der Waals surface area contributed by atoms with E-state index in [-0.39, 0.29) is 16.7 Å². The van der Waals surface area contributed by atoms with Gasteiger partial charge in [0.25, 0.3) is 0 Å². The SMILES string of the molecule is O=C1c2c(F)ccc(I)c2SC1(F)F. The molecule has 0 aliphatic carbocycles. The Hall–Kier alpha value is -0.240. The van der Waals surface area contributed by atoms with Gasteiger partial charge in [0.1, 0.15) is 5.82 Å². The highest BCUT2D eigenvalue weighted by atomic mass is 127. The molecule has 1 aromatic carbocycles. The third-order valence-electron chi connectivity index (χ3n) is 1.78. The van der Waals surface area contributed by atoms with Crippen molar-refractivity contribution in [1.29, 1.82) is 0 Å².